The van der Waals surface area contributed by atoms with Gasteiger partial charge in [0.1, 0.15) is 0 Å². The van der Waals surface area contributed by atoms with E-state index in [2.05, 4.69) is 75.5 Å². The number of nitrogens with one attached hydrogen (secondary N) is 1. The van der Waals surface area contributed by atoms with Crippen molar-refractivity contribution in [2.24, 2.45) is 5.41 Å². The minimum atomic E-state index is 0.345. The van der Waals surface area contributed by atoms with Gasteiger partial charge < -0.3 is 5.32 Å². The number of unbranched alkanes of at least 4 members (excludes halogenated alkanes) is 7. The first-order valence-electron chi connectivity index (χ1n) is 12.7. The van der Waals surface area contributed by atoms with Gasteiger partial charge in [0.15, 0.2) is 0 Å². The van der Waals surface area contributed by atoms with Crippen molar-refractivity contribution in [3.05, 3.63) is 48.0 Å². The smallest absolute Gasteiger partial charge is 0.0526 e. The van der Waals surface area contributed by atoms with E-state index in [1.54, 1.807) is 5.56 Å². The molecular weight excluding hydrogens is 394 g/mol. The molecule has 0 spiro atoms. The molecule has 1 aliphatic heterocycles. The van der Waals surface area contributed by atoms with Crippen LogP contribution in [0.1, 0.15) is 110 Å². The zero-order valence-electron chi connectivity index (χ0n) is 20.3. The SMILES string of the molecule is CCCCCCCCC(C)(C)C(CCCCC)c1ccc2c(c1)Sc1ccccc1N2. The molecule has 0 saturated carbocycles. The maximum Gasteiger partial charge on any atom is 0.0526 e. The van der Waals surface area contributed by atoms with E-state index in [0.29, 0.717) is 11.3 Å². The Morgan fingerprint density at radius 1 is 0.774 bits per heavy atom. The molecule has 0 radical (unpaired) electrons. The van der Waals surface area contributed by atoms with Crippen LogP contribution in [0.15, 0.2) is 52.3 Å². The molecule has 1 atom stereocenters. The summed E-state index contributed by atoms with van der Waals surface area (Å²) in [5.41, 5.74) is 4.38. The van der Waals surface area contributed by atoms with E-state index in [1.807, 2.05) is 11.8 Å². The fraction of sp³-hybridized carbons (Fsp3) is 0.586. The van der Waals surface area contributed by atoms with E-state index in [-0.39, 0.29) is 0 Å². The number of benzene rings is 2. The van der Waals surface area contributed by atoms with Crippen molar-refractivity contribution in [3.63, 3.8) is 0 Å². The highest BCUT2D eigenvalue weighted by molar-refractivity contribution is 7.99. The Hall–Kier alpha value is -1.41. The lowest BCUT2D eigenvalue weighted by molar-refractivity contribution is 0.236. The Balaban J connectivity index is 1.72. The first kappa shape index (κ1) is 24.2. The van der Waals surface area contributed by atoms with Gasteiger partial charge in [-0.25, -0.2) is 0 Å². The second kappa shape index (κ2) is 12.0. The van der Waals surface area contributed by atoms with Crippen LogP contribution in [-0.4, -0.2) is 0 Å². The van der Waals surface area contributed by atoms with E-state index in [9.17, 15) is 0 Å². The zero-order chi connectivity index (χ0) is 22.1. The van der Waals surface area contributed by atoms with Crippen molar-refractivity contribution in [1.82, 2.24) is 0 Å². The third-order valence-electron chi connectivity index (χ3n) is 7.00. The van der Waals surface area contributed by atoms with Crippen LogP contribution in [-0.2, 0) is 0 Å². The normalized spacial score (nSPS) is 13.9. The molecule has 1 N–H and O–H groups in total. The molecule has 0 amide bonds. The number of hydrogen-bond donors (Lipinski definition) is 1. The quantitative estimate of drug-likeness (QED) is 0.267. The van der Waals surface area contributed by atoms with Crippen LogP contribution in [0, 0.1) is 5.41 Å². The molecule has 2 heteroatoms. The van der Waals surface area contributed by atoms with Crippen LogP contribution in [0.4, 0.5) is 11.4 Å². The van der Waals surface area contributed by atoms with E-state index < -0.39 is 0 Å². The molecule has 31 heavy (non-hydrogen) atoms. The van der Waals surface area contributed by atoms with E-state index >= 15 is 0 Å². The highest BCUT2D eigenvalue weighted by Crippen LogP contribution is 2.48. The topological polar surface area (TPSA) is 12.0 Å². The van der Waals surface area contributed by atoms with Gasteiger partial charge in [-0.3, -0.25) is 0 Å². The van der Waals surface area contributed by atoms with Crippen LogP contribution in [0.3, 0.4) is 0 Å². The molecule has 1 nitrogen and oxygen atoms in total. The van der Waals surface area contributed by atoms with E-state index in [1.165, 1.54) is 91.8 Å². The number of para-hydroxylation sites is 1. The summed E-state index contributed by atoms with van der Waals surface area (Å²) in [6.45, 7) is 9.66. The Morgan fingerprint density at radius 2 is 1.45 bits per heavy atom. The van der Waals surface area contributed by atoms with Crippen molar-refractivity contribution in [1.29, 1.82) is 0 Å². The average molecular weight is 438 g/mol. The number of hydrogen-bond acceptors (Lipinski definition) is 2. The maximum absolute atomic E-state index is 3.64. The van der Waals surface area contributed by atoms with Crippen LogP contribution in [0.5, 0.6) is 0 Å². The number of rotatable bonds is 13. The Kier molecular flexibility index (Phi) is 9.38. The van der Waals surface area contributed by atoms with Gasteiger partial charge in [0.25, 0.3) is 0 Å². The summed E-state index contributed by atoms with van der Waals surface area (Å²) in [4.78, 5) is 2.72. The summed E-state index contributed by atoms with van der Waals surface area (Å²) in [7, 11) is 0. The maximum atomic E-state index is 3.64. The molecule has 0 bridgehead atoms. The molecule has 0 saturated heterocycles. The molecule has 170 valence electrons. The molecule has 2 aromatic carbocycles. The van der Waals surface area contributed by atoms with Crippen molar-refractivity contribution in [2.45, 2.75) is 114 Å². The fourth-order valence-corrected chi connectivity index (χ4v) is 6.04. The number of anilines is 2. The Bertz CT molecular complexity index is 810. The van der Waals surface area contributed by atoms with Gasteiger partial charge in [0.05, 0.1) is 11.4 Å². The minimum Gasteiger partial charge on any atom is -0.354 e. The third kappa shape index (κ3) is 6.78. The summed E-state index contributed by atoms with van der Waals surface area (Å²) in [6, 6.07) is 15.9. The highest BCUT2D eigenvalue weighted by atomic mass is 32.2. The average Bonchev–Trinajstić information content (AvgIpc) is 2.77. The second-order valence-electron chi connectivity index (χ2n) is 10.0. The highest BCUT2D eigenvalue weighted by Gasteiger charge is 2.31. The number of fused-ring (bicyclic) bond motifs is 2. The van der Waals surface area contributed by atoms with Gasteiger partial charge in [-0.15, -0.1) is 0 Å². The molecule has 0 aliphatic carbocycles. The summed E-state index contributed by atoms with van der Waals surface area (Å²) < 4.78 is 0. The predicted molar refractivity (Wildman–Crippen MR) is 139 cm³/mol. The van der Waals surface area contributed by atoms with Crippen molar-refractivity contribution in [3.8, 4) is 0 Å². The fourth-order valence-electron chi connectivity index (χ4n) is 5.01. The predicted octanol–water partition coefficient (Wildman–Crippen LogP) is 10.3. The molecule has 1 aliphatic rings. The van der Waals surface area contributed by atoms with E-state index in [0.717, 1.165) is 0 Å². The first-order chi connectivity index (χ1) is 15.0. The van der Waals surface area contributed by atoms with Gasteiger partial charge in [0.2, 0.25) is 0 Å². The molecule has 0 aromatic heterocycles. The van der Waals surface area contributed by atoms with Crippen molar-refractivity contribution in [2.75, 3.05) is 5.32 Å². The van der Waals surface area contributed by atoms with Crippen LogP contribution < -0.4 is 5.32 Å². The van der Waals surface area contributed by atoms with Crippen LogP contribution in [0.25, 0.3) is 0 Å². The Labute approximate surface area is 195 Å². The molecule has 0 fully saturated rings. The Morgan fingerprint density at radius 3 is 2.26 bits per heavy atom. The molecule has 1 unspecified atom stereocenters. The lowest BCUT2D eigenvalue weighted by Gasteiger charge is -2.36. The monoisotopic (exact) mass is 437 g/mol. The van der Waals surface area contributed by atoms with Crippen molar-refractivity contribution < 1.29 is 0 Å². The summed E-state index contributed by atoms with van der Waals surface area (Å²) in [6.07, 6.45) is 14.9. The molecular formula is C29H43NS. The zero-order valence-corrected chi connectivity index (χ0v) is 21.1. The standard InChI is InChI=1S/C29H43NS/c1-5-7-9-10-11-15-21-29(3,4)24(16-12-8-6-2)23-19-20-26-28(22-23)31-27-18-14-13-17-25(27)30-26/h13-14,17-20,22,24,30H,5-12,15-16,21H2,1-4H3. The van der Waals surface area contributed by atoms with Crippen LogP contribution >= 0.6 is 11.8 Å². The lowest BCUT2D eigenvalue weighted by Crippen LogP contribution is -2.23. The molecule has 3 rings (SSSR count). The van der Waals surface area contributed by atoms with Crippen molar-refractivity contribution >= 4 is 23.1 Å². The summed E-state index contributed by atoms with van der Waals surface area (Å²) in [5.74, 6) is 0.637. The largest absolute Gasteiger partial charge is 0.354 e. The lowest BCUT2D eigenvalue weighted by atomic mass is 9.69. The second-order valence-corrected chi connectivity index (χ2v) is 11.1. The van der Waals surface area contributed by atoms with Crippen LogP contribution in [0.2, 0.25) is 0 Å². The van der Waals surface area contributed by atoms with Gasteiger partial charge in [-0.2, -0.15) is 0 Å². The molecule has 2 aromatic rings. The summed E-state index contributed by atoms with van der Waals surface area (Å²) in [5, 5.41) is 3.64. The van der Waals surface area contributed by atoms with Gasteiger partial charge in [0, 0.05) is 9.79 Å². The van der Waals surface area contributed by atoms with Gasteiger partial charge >= 0.3 is 0 Å². The third-order valence-corrected chi connectivity index (χ3v) is 8.13. The van der Waals surface area contributed by atoms with E-state index in [4.69, 9.17) is 0 Å². The minimum absolute atomic E-state index is 0.345. The molecule has 1 heterocycles. The van der Waals surface area contributed by atoms with Gasteiger partial charge in [-0.05, 0) is 54.0 Å². The first-order valence-corrected chi connectivity index (χ1v) is 13.5. The van der Waals surface area contributed by atoms with Gasteiger partial charge in [-0.1, -0.05) is 115 Å². The summed E-state index contributed by atoms with van der Waals surface area (Å²) >= 11 is 1.92.